The summed E-state index contributed by atoms with van der Waals surface area (Å²) in [7, 11) is 11.7. The molecule has 2 rings (SSSR count). The minimum atomic E-state index is -0.556. The van der Waals surface area contributed by atoms with Gasteiger partial charge in [0.2, 0.25) is 0 Å². The zero-order valence-corrected chi connectivity index (χ0v) is 14.6. The van der Waals surface area contributed by atoms with Crippen LogP contribution in [0.15, 0.2) is 23.8 Å². The third-order valence-electron chi connectivity index (χ3n) is 3.62. The van der Waals surface area contributed by atoms with Crippen LogP contribution in [-0.4, -0.2) is 13.6 Å². The minimum absolute atomic E-state index is 0. The number of allylic oxidation sites excluding steroid dienone is 3. The molecule has 0 aromatic heterocycles. The molecular weight excluding hydrogens is 301 g/mol. The van der Waals surface area contributed by atoms with Crippen LogP contribution in [0.3, 0.4) is 0 Å². The maximum absolute atomic E-state index is 4.89. The second-order valence-corrected chi connectivity index (χ2v) is 7.41. The van der Waals surface area contributed by atoms with Gasteiger partial charge < -0.3 is 12.7 Å². The van der Waals surface area contributed by atoms with Gasteiger partial charge in [0.15, 0.2) is 0 Å². The average Bonchev–Trinajstić information content (AvgIpc) is 2.68. The molecule has 3 atom stereocenters. The van der Waals surface area contributed by atoms with E-state index in [-0.39, 0.29) is 7.43 Å². The SMILES string of the molecule is C[N-]CCC1=CC=CC2CC(C)CC12.[CH3-].[Cl][Ti][Cl]. The van der Waals surface area contributed by atoms with Crippen LogP contribution in [0.2, 0.25) is 0 Å². The van der Waals surface area contributed by atoms with E-state index in [1.54, 1.807) is 5.57 Å². The molecule has 0 radical (unpaired) electrons. The predicted molar refractivity (Wildman–Crippen MR) is 79.5 cm³/mol. The quantitative estimate of drug-likeness (QED) is 0.490. The summed E-state index contributed by atoms with van der Waals surface area (Å²) in [4.78, 5) is 0. The molecule has 0 saturated heterocycles. The van der Waals surface area contributed by atoms with Crippen molar-refractivity contribution in [2.24, 2.45) is 17.8 Å². The topological polar surface area (TPSA) is 14.1 Å². The second-order valence-electron chi connectivity index (χ2n) is 4.83. The van der Waals surface area contributed by atoms with E-state index >= 15 is 0 Å². The predicted octanol–water partition coefficient (Wildman–Crippen LogP) is 5.37. The van der Waals surface area contributed by atoms with E-state index in [0.29, 0.717) is 0 Å². The molecule has 1 nitrogen and oxygen atoms in total. The Labute approximate surface area is 129 Å². The number of hydrogen-bond acceptors (Lipinski definition) is 0. The molecule has 0 heterocycles. The van der Waals surface area contributed by atoms with Crippen molar-refractivity contribution in [3.8, 4) is 0 Å². The Balaban J connectivity index is 0.000000660. The summed E-state index contributed by atoms with van der Waals surface area (Å²) in [6.45, 7) is 3.38. The van der Waals surface area contributed by atoms with Gasteiger partial charge in [-0.3, -0.25) is 0 Å². The Hall–Kier alpha value is 0.734. The van der Waals surface area contributed by atoms with Gasteiger partial charge in [0.1, 0.15) is 0 Å². The van der Waals surface area contributed by atoms with Gasteiger partial charge in [-0.1, -0.05) is 37.1 Å². The van der Waals surface area contributed by atoms with Crippen molar-refractivity contribution >= 4 is 18.6 Å². The molecular formula is C14H23Cl2NTi-2. The third-order valence-corrected chi connectivity index (χ3v) is 3.62. The van der Waals surface area contributed by atoms with E-state index in [0.717, 1.165) is 24.3 Å². The first-order valence-corrected chi connectivity index (χ1v) is 10.4. The Kier molecular flexibility index (Phi) is 10.9. The van der Waals surface area contributed by atoms with E-state index < -0.39 is 17.0 Å². The van der Waals surface area contributed by atoms with E-state index in [9.17, 15) is 0 Å². The standard InChI is InChI=1S/C13H20N.CH3.2ClH.Ti/c1-10-8-12-5-3-4-11(6-7-14-2)13(12)9-10;;;;/h3-5,10,12-13H,6-9H2,1-2H3;1H3;2*1H;/q2*-1;;;+2/p-2. The van der Waals surface area contributed by atoms with Crippen molar-refractivity contribution in [3.63, 3.8) is 0 Å². The van der Waals surface area contributed by atoms with Crippen LogP contribution in [0.1, 0.15) is 26.2 Å². The molecule has 1 fully saturated rings. The number of halogens is 2. The third kappa shape index (κ3) is 5.80. The summed E-state index contributed by atoms with van der Waals surface area (Å²) in [5.41, 5.74) is 1.65. The van der Waals surface area contributed by atoms with Crippen molar-refractivity contribution < 1.29 is 17.0 Å². The molecule has 0 N–H and O–H groups in total. The summed E-state index contributed by atoms with van der Waals surface area (Å²) in [5.74, 6) is 2.59. The normalized spacial score (nSPS) is 28.4. The van der Waals surface area contributed by atoms with Crippen molar-refractivity contribution in [2.75, 3.05) is 13.6 Å². The first-order valence-electron chi connectivity index (χ1n) is 6.12. The molecule has 18 heavy (non-hydrogen) atoms. The number of fused-ring (bicyclic) bond motifs is 1. The van der Waals surface area contributed by atoms with Gasteiger partial charge in [0.25, 0.3) is 0 Å². The summed E-state index contributed by atoms with van der Waals surface area (Å²) < 4.78 is 0. The molecule has 0 aromatic carbocycles. The summed E-state index contributed by atoms with van der Waals surface area (Å²) >= 11 is -0.556. The molecule has 4 heteroatoms. The second kappa shape index (κ2) is 10.5. The van der Waals surface area contributed by atoms with E-state index in [4.69, 9.17) is 18.6 Å². The first kappa shape index (κ1) is 18.7. The van der Waals surface area contributed by atoms with Crippen LogP contribution < -0.4 is 0 Å². The molecule has 3 unspecified atom stereocenters. The van der Waals surface area contributed by atoms with Crippen LogP contribution in [0, 0.1) is 25.2 Å². The number of hydrogen-bond donors (Lipinski definition) is 0. The van der Waals surface area contributed by atoms with Crippen LogP contribution in [-0.2, 0) is 17.0 Å². The van der Waals surface area contributed by atoms with Crippen LogP contribution in [0.4, 0.5) is 0 Å². The Morgan fingerprint density at radius 1 is 1.39 bits per heavy atom. The van der Waals surface area contributed by atoms with Crippen molar-refractivity contribution in [2.45, 2.75) is 26.2 Å². The zero-order chi connectivity index (χ0) is 12.7. The maximum atomic E-state index is 4.89. The fourth-order valence-electron chi connectivity index (χ4n) is 2.93. The van der Waals surface area contributed by atoms with Gasteiger partial charge in [-0.2, -0.15) is 7.05 Å². The monoisotopic (exact) mass is 323 g/mol. The van der Waals surface area contributed by atoms with Gasteiger partial charge in [-0.25, -0.2) is 0 Å². The average molecular weight is 324 g/mol. The van der Waals surface area contributed by atoms with Gasteiger partial charge in [-0.15, -0.1) is 6.54 Å². The molecule has 0 bridgehead atoms. The van der Waals surface area contributed by atoms with Crippen molar-refractivity contribution in [1.82, 2.24) is 0 Å². The summed E-state index contributed by atoms with van der Waals surface area (Å²) in [6, 6.07) is 0. The van der Waals surface area contributed by atoms with Crippen LogP contribution in [0.5, 0.6) is 0 Å². The zero-order valence-electron chi connectivity index (χ0n) is 11.5. The van der Waals surface area contributed by atoms with Crippen molar-refractivity contribution in [3.05, 3.63) is 36.5 Å². The van der Waals surface area contributed by atoms with Gasteiger partial charge in [0.05, 0.1) is 0 Å². The van der Waals surface area contributed by atoms with E-state index in [2.05, 4.69) is 30.5 Å². The molecule has 0 aliphatic heterocycles. The van der Waals surface area contributed by atoms with Gasteiger partial charge in [0, 0.05) is 0 Å². The van der Waals surface area contributed by atoms with Crippen LogP contribution >= 0.6 is 18.6 Å². The number of rotatable bonds is 3. The molecule has 0 aromatic rings. The van der Waals surface area contributed by atoms with Gasteiger partial charge in [-0.05, 0) is 30.6 Å². The molecule has 104 valence electrons. The Morgan fingerprint density at radius 3 is 2.67 bits per heavy atom. The molecule has 1 saturated carbocycles. The molecule has 0 amide bonds. The van der Waals surface area contributed by atoms with Crippen molar-refractivity contribution in [1.29, 1.82) is 0 Å². The summed E-state index contributed by atoms with van der Waals surface area (Å²) in [6.07, 6.45) is 10.9. The fraction of sp³-hybridized carbons (Fsp3) is 0.643. The Morgan fingerprint density at radius 2 is 2.06 bits per heavy atom. The summed E-state index contributed by atoms with van der Waals surface area (Å²) in [5, 5.41) is 4.20. The number of nitrogens with zero attached hydrogens (tertiary/aromatic N) is 1. The molecule has 2 aliphatic carbocycles. The Bertz CT molecular complexity index is 279. The van der Waals surface area contributed by atoms with E-state index in [1.165, 1.54) is 19.3 Å². The molecule has 0 spiro atoms. The molecule has 2 aliphatic rings. The first-order chi connectivity index (χ1) is 8.22. The van der Waals surface area contributed by atoms with E-state index in [1.807, 2.05) is 7.05 Å². The fourth-order valence-corrected chi connectivity index (χ4v) is 2.93. The van der Waals surface area contributed by atoms with Gasteiger partial charge >= 0.3 is 35.6 Å². The van der Waals surface area contributed by atoms with Crippen LogP contribution in [0.25, 0.3) is 5.32 Å².